The van der Waals surface area contributed by atoms with Crippen molar-refractivity contribution in [3.8, 4) is 0 Å². The summed E-state index contributed by atoms with van der Waals surface area (Å²) in [7, 11) is 0. The van der Waals surface area contributed by atoms with Crippen molar-refractivity contribution in [3.05, 3.63) is 28.7 Å². The van der Waals surface area contributed by atoms with Crippen LogP contribution in [0.4, 0.5) is 10.9 Å². The van der Waals surface area contributed by atoms with Crippen molar-refractivity contribution in [1.29, 1.82) is 0 Å². The molecule has 118 valence electrons. The van der Waals surface area contributed by atoms with Crippen molar-refractivity contribution in [2.45, 2.75) is 12.8 Å². The number of amides is 1. The van der Waals surface area contributed by atoms with E-state index in [-0.39, 0.29) is 0 Å². The molecule has 2 aliphatic rings. The maximum absolute atomic E-state index is 11.7. The summed E-state index contributed by atoms with van der Waals surface area (Å²) in [6.45, 7) is 3.65. The third kappa shape index (κ3) is 3.48. The number of aromatic nitrogens is 1. The smallest absolute Gasteiger partial charge is 0.262 e. The highest BCUT2D eigenvalue weighted by atomic mass is 32.1. The van der Waals surface area contributed by atoms with E-state index in [0.29, 0.717) is 30.5 Å². The highest BCUT2D eigenvalue weighted by Gasteiger charge is 2.21. The third-order valence-corrected chi connectivity index (χ3v) is 4.84. The van der Waals surface area contributed by atoms with Crippen LogP contribution in [-0.4, -0.2) is 43.7 Å². The summed E-state index contributed by atoms with van der Waals surface area (Å²) >= 11 is 1.35. The molecular weight excluding hydrogens is 300 g/mol. The molecule has 1 aromatic rings. The number of primary amides is 1. The van der Waals surface area contributed by atoms with Gasteiger partial charge in [0, 0.05) is 19.6 Å². The molecule has 22 heavy (non-hydrogen) atoms. The maximum atomic E-state index is 11.7. The first kappa shape index (κ1) is 15.1. The predicted molar refractivity (Wildman–Crippen MR) is 88.6 cm³/mol. The Morgan fingerprint density at radius 1 is 1.45 bits per heavy atom. The molecule has 0 unspecified atom stereocenters. The Bertz CT molecular complexity index is 603. The molecule has 1 fully saturated rings. The number of nitrogens with zero attached hydrogens (tertiary/aromatic N) is 2. The summed E-state index contributed by atoms with van der Waals surface area (Å²) in [6, 6.07) is 0. The van der Waals surface area contributed by atoms with Gasteiger partial charge in [-0.2, -0.15) is 0 Å². The average Bonchev–Trinajstić information content (AvgIpc) is 2.99. The van der Waals surface area contributed by atoms with Gasteiger partial charge in [0.1, 0.15) is 4.88 Å². The number of rotatable bonds is 5. The Balaban J connectivity index is 1.73. The number of allylic oxidation sites excluding steroid dienone is 3. The number of anilines is 2. The van der Waals surface area contributed by atoms with Gasteiger partial charge in [0.15, 0.2) is 10.9 Å². The van der Waals surface area contributed by atoms with Gasteiger partial charge in [0.2, 0.25) is 0 Å². The summed E-state index contributed by atoms with van der Waals surface area (Å²) in [5.74, 6) is 0.159. The zero-order valence-corrected chi connectivity index (χ0v) is 13.2. The van der Waals surface area contributed by atoms with Gasteiger partial charge in [0.25, 0.3) is 5.91 Å². The van der Waals surface area contributed by atoms with E-state index < -0.39 is 5.91 Å². The van der Waals surface area contributed by atoms with Crippen LogP contribution in [0.1, 0.15) is 22.5 Å². The predicted octanol–water partition coefficient (Wildman–Crippen LogP) is 1.77. The molecule has 0 spiro atoms. The summed E-state index contributed by atoms with van der Waals surface area (Å²) in [5, 5.41) is 4.09. The molecule has 7 heteroatoms. The molecule has 3 rings (SSSR count). The quantitative estimate of drug-likeness (QED) is 0.864. The largest absolute Gasteiger partial charge is 0.378 e. The highest BCUT2D eigenvalue weighted by Crippen LogP contribution is 2.30. The second-order valence-electron chi connectivity index (χ2n) is 5.28. The van der Waals surface area contributed by atoms with Gasteiger partial charge >= 0.3 is 0 Å². The van der Waals surface area contributed by atoms with E-state index in [9.17, 15) is 4.79 Å². The standard InChI is InChI=1S/C15H20N4O2S/c16-13(20)12-14(17-10-11-4-2-1-3-5-11)18-15(22-12)19-6-8-21-9-7-19/h1-2,4,17H,3,5-10H2,(H2,16,20). The van der Waals surface area contributed by atoms with Crippen LogP contribution in [0.15, 0.2) is 23.8 Å². The van der Waals surface area contributed by atoms with Crippen LogP contribution in [0.25, 0.3) is 0 Å². The molecule has 1 aromatic heterocycles. The number of nitrogens with two attached hydrogens (primary N) is 1. The van der Waals surface area contributed by atoms with E-state index in [1.165, 1.54) is 16.9 Å². The molecule has 0 bridgehead atoms. The fourth-order valence-electron chi connectivity index (χ4n) is 2.48. The van der Waals surface area contributed by atoms with Crippen LogP contribution >= 0.6 is 11.3 Å². The maximum Gasteiger partial charge on any atom is 0.262 e. The first-order valence-corrected chi connectivity index (χ1v) is 8.27. The summed E-state index contributed by atoms with van der Waals surface area (Å²) in [4.78, 5) is 18.9. The minimum atomic E-state index is -0.433. The second-order valence-corrected chi connectivity index (χ2v) is 6.26. The number of ether oxygens (including phenoxy) is 1. The molecule has 2 heterocycles. The Morgan fingerprint density at radius 2 is 2.27 bits per heavy atom. The van der Waals surface area contributed by atoms with Gasteiger partial charge in [-0.15, -0.1) is 0 Å². The van der Waals surface area contributed by atoms with Crippen LogP contribution in [0.2, 0.25) is 0 Å². The van der Waals surface area contributed by atoms with Gasteiger partial charge in [-0.3, -0.25) is 4.79 Å². The van der Waals surface area contributed by atoms with Crippen LogP contribution < -0.4 is 16.0 Å². The molecule has 1 amide bonds. The first-order valence-electron chi connectivity index (χ1n) is 7.46. The normalized spacial score (nSPS) is 18.2. The van der Waals surface area contributed by atoms with Gasteiger partial charge < -0.3 is 20.7 Å². The SMILES string of the molecule is NC(=O)c1sc(N2CCOCC2)nc1NCC1=CC=CCC1. The molecule has 1 aliphatic carbocycles. The van der Waals surface area contributed by atoms with Crippen molar-refractivity contribution in [3.63, 3.8) is 0 Å². The lowest BCUT2D eigenvalue weighted by Gasteiger charge is -2.25. The number of hydrogen-bond acceptors (Lipinski definition) is 6. The molecule has 0 atom stereocenters. The van der Waals surface area contributed by atoms with Crippen molar-refractivity contribution >= 4 is 28.2 Å². The van der Waals surface area contributed by atoms with Gasteiger partial charge in [0.05, 0.1) is 13.2 Å². The zero-order valence-electron chi connectivity index (χ0n) is 12.4. The monoisotopic (exact) mass is 320 g/mol. The fourth-order valence-corrected chi connectivity index (χ4v) is 3.43. The number of carbonyl (C=O) groups is 1. The van der Waals surface area contributed by atoms with E-state index in [1.807, 2.05) is 0 Å². The molecule has 1 saturated heterocycles. The molecule has 0 saturated carbocycles. The van der Waals surface area contributed by atoms with Crippen molar-refractivity contribution in [2.24, 2.45) is 5.73 Å². The van der Waals surface area contributed by atoms with Crippen LogP contribution in [0.3, 0.4) is 0 Å². The fraction of sp³-hybridized carbons (Fsp3) is 0.467. The van der Waals surface area contributed by atoms with E-state index in [0.717, 1.165) is 31.1 Å². The summed E-state index contributed by atoms with van der Waals surface area (Å²) in [6.07, 6.45) is 8.42. The lowest BCUT2D eigenvalue weighted by atomic mass is 10.1. The lowest BCUT2D eigenvalue weighted by Crippen LogP contribution is -2.36. The molecule has 3 N–H and O–H groups in total. The molecular formula is C15H20N4O2S. The topological polar surface area (TPSA) is 80.5 Å². The van der Waals surface area contributed by atoms with E-state index in [1.54, 1.807) is 0 Å². The zero-order chi connectivity index (χ0) is 15.4. The van der Waals surface area contributed by atoms with Crippen molar-refractivity contribution in [2.75, 3.05) is 43.1 Å². The highest BCUT2D eigenvalue weighted by molar-refractivity contribution is 7.18. The van der Waals surface area contributed by atoms with E-state index in [2.05, 4.69) is 33.4 Å². The Hall–Kier alpha value is -1.86. The van der Waals surface area contributed by atoms with Gasteiger partial charge in [-0.05, 0) is 12.8 Å². The van der Waals surface area contributed by atoms with Crippen LogP contribution in [0, 0.1) is 0 Å². The Labute approximate surface area is 133 Å². The Kier molecular flexibility index (Phi) is 4.74. The minimum Gasteiger partial charge on any atom is -0.378 e. The number of hydrogen-bond donors (Lipinski definition) is 2. The third-order valence-electron chi connectivity index (χ3n) is 3.70. The second kappa shape index (κ2) is 6.93. The number of thiazole rings is 1. The van der Waals surface area contributed by atoms with Crippen LogP contribution in [0.5, 0.6) is 0 Å². The van der Waals surface area contributed by atoms with Crippen molar-refractivity contribution < 1.29 is 9.53 Å². The average molecular weight is 320 g/mol. The molecule has 1 aliphatic heterocycles. The van der Waals surface area contributed by atoms with E-state index >= 15 is 0 Å². The van der Waals surface area contributed by atoms with Gasteiger partial charge in [-0.1, -0.05) is 35.1 Å². The lowest BCUT2D eigenvalue weighted by molar-refractivity contribution is 0.100. The van der Waals surface area contributed by atoms with Crippen molar-refractivity contribution in [1.82, 2.24) is 4.98 Å². The number of carbonyl (C=O) groups excluding carboxylic acids is 1. The van der Waals surface area contributed by atoms with Crippen LogP contribution in [-0.2, 0) is 4.74 Å². The molecule has 0 radical (unpaired) electrons. The summed E-state index contributed by atoms with van der Waals surface area (Å²) in [5.41, 5.74) is 6.79. The van der Waals surface area contributed by atoms with E-state index in [4.69, 9.17) is 10.5 Å². The minimum absolute atomic E-state index is 0.433. The molecule has 6 nitrogen and oxygen atoms in total. The molecule has 0 aromatic carbocycles. The first-order chi connectivity index (χ1) is 10.7. The Morgan fingerprint density at radius 3 is 2.95 bits per heavy atom. The van der Waals surface area contributed by atoms with Gasteiger partial charge in [-0.25, -0.2) is 4.98 Å². The number of nitrogens with one attached hydrogen (secondary N) is 1. The summed E-state index contributed by atoms with van der Waals surface area (Å²) < 4.78 is 5.35. The number of morpholine rings is 1.